The lowest BCUT2D eigenvalue weighted by atomic mass is 9.73. The van der Waals surface area contributed by atoms with Gasteiger partial charge in [-0.15, -0.1) is 0 Å². The first kappa shape index (κ1) is 15.2. The molecular weight excluding hydrogens is 317 g/mol. The molecule has 0 aliphatic rings. The van der Waals surface area contributed by atoms with E-state index in [2.05, 4.69) is 35.0 Å². The highest BCUT2D eigenvalue weighted by Crippen LogP contribution is 2.34. The molecule has 2 aromatic rings. The monoisotopic (exact) mass is 335 g/mol. The normalized spacial score (nSPS) is 14.0. The lowest BCUT2D eigenvalue weighted by molar-refractivity contribution is 0.416. The van der Waals surface area contributed by atoms with E-state index in [1.54, 1.807) is 6.07 Å². The predicted octanol–water partition coefficient (Wildman–Crippen LogP) is 4.44. The van der Waals surface area contributed by atoms with Crippen molar-refractivity contribution < 1.29 is 4.39 Å². The summed E-state index contributed by atoms with van der Waals surface area (Å²) in [6.07, 6.45) is 1.64. The van der Waals surface area contributed by atoms with E-state index in [1.165, 1.54) is 11.6 Å². The Morgan fingerprint density at radius 3 is 2.40 bits per heavy atom. The summed E-state index contributed by atoms with van der Waals surface area (Å²) in [4.78, 5) is 0. The van der Waals surface area contributed by atoms with E-state index in [0.29, 0.717) is 11.0 Å². The van der Waals surface area contributed by atoms with Gasteiger partial charge in [-0.3, -0.25) is 0 Å². The highest BCUT2D eigenvalue weighted by atomic mass is 79.9. The zero-order valence-corrected chi connectivity index (χ0v) is 13.2. The molecule has 0 bridgehead atoms. The summed E-state index contributed by atoms with van der Waals surface area (Å²) in [7, 11) is 0. The summed E-state index contributed by atoms with van der Waals surface area (Å²) >= 11 is 3.35. The molecule has 0 radical (unpaired) electrons. The van der Waals surface area contributed by atoms with Gasteiger partial charge in [0.15, 0.2) is 0 Å². The summed E-state index contributed by atoms with van der Waals surface area (Å²) in [6.45, 7) is 2.67. The van der Waals surface area contributed by atoms with Gasteiger partial charge in [-0.1, -0.05) is 49.4 Å². The molecule has 3 heteroatoms. The smallest absolute Gasteiger partial charge is 0.137 e. The Morgan fingerprint density at radius 1 is 1.10 bits per heavy atom. The van der Waals surface area contributed by atoms with Crippen molar-refractivity contribution in [3.63, 3.8) is 0 Å². The topological polar surface area (TPSA) is 26.0 Å². The van der Waals surface area contributed by atoms with Gasteiger partial charge < -0.3 is 5.73 Å². The van der Waals surface area contributed by atoms with E-state index in [0.717, 1.165) is 18.4 Å². The maximum Gasteiger partial charge on any atom is 0.137 e. The van der Waals surface area contributed by atoms with E-state index in [-0.39, 0.29) is 11.2 Å². The molecule has 0 aromatic heterocycles. The fraction of sp³-hybridized carbons (Fsp3) is 0.294. The fourth-order valence-electron chi connectivity index (χ4n) is 2.61. The van der Waals surface area contributed by atoms with Gasteiger partial charge in [-0.05, 0) is 46.0 Å². The largest absolute Gasteiger partial charge is 0.330 e. The molecule has 0 fully saturated rings. The minimum atomic E-state index is -0.224. The van der Waals surface area contributed by atoms with Crippen LogP contribution in [-0.2, 0) is 11.8 Å². The van der Waals surface area contributed by atoms with Crippen LogP contribution >= 0.6 is 15.9 Å². The summed E-state index contributed by atoms with van der Waals surface area (Å²) in [5.41, 5.74) is 8.09. The van der Waals surface area contributed by atoms with Gasteiger partial charge in [-0.2, -0.15) is 0 Å². The van der Waals surface area contributed by atoms with Crippen molar-refractivity contribution >= 4 is 15.9 Å². The molecule has 0 heterocycles. The van der Waals surface area contributed by atoms with Crippen LogP contribution in [0.15, 0.2) is 53.0 Å². The molecule has 0 spiro atoms. The van der Waals surface area contributed by atoms with Gasteiger partial charge in [0, 0.05) is 12.0 Å². The summed E-state index contributed by atoms with van der Waals surface area (Å²) in [5, 5.41) is 0. The minimum absolute atomic E-state index is 0.155. The van der Waals surface area contributed by atoms with Gasteiger partial charge in [0.05, 0.1) is 4.47 Å². The molecular formula is C17H19BrFN. The molecule has 2 aromatic carbocycles. The lowest BCUT2D eigenvalue weighted by Gasteiger charge is -2.32. The Hall–Kier alpha value is -1.19. The summed E-state index contributed by atoms with van der Waals surface area (Å²) < 4.78 is 14.2. The number of halogens is 2. The van der Waals surface area contributed by atoms with Crippen LogP contribution in [0.25, 0.3) is 0 Å². The molecule has 1 unspecified atom stereocenters. The van der Waals surface area contributed by atoms with E-state index in [1.807, 2.05) is 24.3 Å². The molecule has 2 N–H and O–H groups in total. The van der Waals surface area contributed by atoms with Crippen molar-refractivity contribution in [3.8, 4) is 0 Å². The van der Waals surface area contributed by atoms with Gasteiger partial charge in [0.1, 0.15) is 5.82 Å². The van der Waals surface area contributed by atoms with Gasteiger partial charge in [0.2, 0.25) is 0 Å². The quantitative estimate of drug-likeness (QED) is 0.858. The first-order valence-electron chi connectivity index (χ1n) is 6.81. The van der Waals surface area contributed by atoms with Crippen LogP contribution in [-0.4, -0.2) is 6.54 Å². The fourth-order valence-corrected chi connectivity index (χ4v) is 3.01. The lowest BCUT2D eigenvalue weighted by Crippen LogP contribution is -2.37. The van der Waals surface area contributed by atoms with Crippen LogP contribution in [0.3, 0.4) is 0 Å². The molecule has 0 saturated heterocycles. The van der Waals surface area contributed by atoms with Gasteiger partial charge in [0.25, 0.3) is 0 Å². The molecule has 1 atom stereocenters. The van der Waals surface area contributed by atoms with Crippen molar-refractivity contribution in [3.05, 3.63) is 69.9 Å². The number of hydrogen-bond acceptors (Lipinski definition) is 1. The Labute approximate surface area is 128 Å². The van der Waals surface area contributed by atoms with Crippen LogP contribution in [0.5, 0.6) is 0 Å². The molecule has 1 nitrogen and oxygen atoms in total. The van der Waals surface area contributed by atoms with Crippen LogP contribution in [0.2, 0.25) is 0 Å². The first-order valence-corrected chi connectivity index (χ1v) is 7.61. The zero-order chi connectivity index (χ0) is 14.6. The Kier molecular flexibility index (Phi) is 4.95. The highest BCUT2D eigenvalue weighted by molar-refractivity contribution is 9.10. The molecule has 20 heavy (non-hydrogen) atoms. The van der Waals surface area contributed by atoms with E-state index < -0.39 is 0 Å². The second-order valence-corrected chi connectivity index (χ2v) is 5.89. The number of benzene rings is 2. The Balaban J connectivity index is 2.42. The Morgan fingerprint density at radius 2 is 1.80 bits per heavy atom. The second-order valence-electron chi connectivity index (χ2n) is 5.09. The number of hydrogen-bond donors (Lipinski definition) is 1. The van der Waals surface area contributed by atoms with Crippen molar-refractivity contribution in [2.24, 2.45) is 5.73 Å². The maximum atomic E-state index is 13.7. The van der Waals surface area contributed by atoms with Crippen LogP contribution < -0.4 is 5.73 Å². The average molecular weight is 336 g/mol. The van der Waals surface area contributed by atoms with E-state index >= 15 is 0 Å². The number of rotatable bonds is 5. The third-order valence-electron chi connectivity index (χ3n) is 4.01. The third kappa shape index (κ3) is 2.94. The standard InChI is InChI=1S/C17H19BrFN/c1-2-17(12-20,14-8-4-3-5-9-14)11-13-7-6-10-15(19)16(13)18/h3-10H,2,11-12,20H2,1H3. The Bertz CT molecular complexity index is 564. The second kappa shape index (κ2) is 6.51. The maximum absolute atomic E-state index is 13.7. The van der Waals surface area contributed by atoms with Crippen molar-refractivity contribution in [1.29, 1.82) is 0 Å². The van der Waals surface area contributed by atoms with Crippen LogP contribution in [0, 0.1) is 5.82 Å². The van der Waals surface area contributed by atoms with Gasteiger partial charge in [-0.25, -0.2) is 4.39 Å². The predicted molar refractivity (Wildman–Crippen MR) is 85.3 cm³/mol. The molecule has 106 valence electrons. The zero-order valence-electron chi connectivity index (χ0n) is 11.6. The van der Waals surface area contributed by atoms with E-state index in [4.69, 9.17) is 5.73 Å². The van der Waals surface area contributed by atoms with Crippen LogP contribution in [0.1, 0.15) is 24.5 Å². The molecule has 0 aliphatic heterocycles. The molecule has 0 aliphatic carbocycles. The first-order chi connectivity index (χ1) is 9.63. The van der Waals surface area contributed by atoms with Crippen molar-refractivity contribution in [2.45, 2.75) is 25.2 Å². The molecule has 0 amide bonds. The van der Waals surface area contributed by atoms with Crippen molar-refractivity contribution in [1.82, 2.24) is 0 Å². The molecule has 2 rings (SSSR count). The third-order valence-corrected chi connectivity index (χ3v) is 4.90. The minimum Gasteiger partial charge on any atom is -0.330 e. The number of nitrogens with two attached hydrogens (primary N) is 1. The van der Waals surface area contributed by atoms with E-state index in [9.17, 15) is 4.39 Å². The molecule has 0 saturated carbocycles. The SMILES string of the molecule is CCC(CN)(Cc1cccc(F)c1Br)c1ccccc1. The van der Waals surface area contributed by atoms with Crippen molar-refractivity contribution in [2.75, 3.05) is 6.54 Å². The average Bonchev–Trinajstić information content (AvgIpc) is 2.50. The highest BCUT2D eigenvalue weighted by Gasteiger charge is 2.30. The van der Waals surface area contributed by atoms with Crippen LogP contribution in [0.4, 0.5) is 4.39 Å². The summed E-state index contributed by atoms with van der Waals surface area (Å²) in [6, 6.07) is 15.4. The summed E-state index contributed by atoms with van der Waals surface area (Å²) in [5.74, 6) is -0.224. The van der Waals surface area contributed by atoms with Gasteiger partial charge >= 0.3 is 0 Å².